The average molecular weight is 281 g/mol. The van der Waals surface area contributed by atoms with Crippen LogP contribution >= 0.6 is 0 Å². The van der Waals surface area contributed by atoms with Gasteiger partial charge >= 0.3 is 0 Å². The summed E-state index contributed by atoms with van der Waals surface area (Å²) < 4.78 is 13.1. The Kier molecular flexibility index (Phi) is 2.54. The van der Waals surface area contributed by atoms with E-state index in [-0.39, 0.29) is 0 Å². The molecular weight excluding hydrogens is 266 g/mol. The van der Waals surface area contributed by atoms with Crippen molar-refractivity contribution in [3.05, 3.63) is 42.0 Å². The van der Waals surface area contributed by atoms with Crippen LogP contribution in [0.25, 0.3) is 16.7 Å². The maximum atomic E-state index is 6.11. The number of para-hydroxylation sites is 1. The van der Waals surface area contributed by atoms with E-state index in [2.05, 4.69) is 18.0 Å². The minimum absolute atomic E-state index is 0.468. The number of fused-ring (bicyclic) bond motifs is 2. The summed E-state index contributed by atoms with van der Waals surface area (Å²) >= 11 is 0. The molecule has 0 saturated heterocycles. The number of aryl methyl sites for hydroxylation is 1. The molecule has 0 amide bonds. The largest absolute Gasteiger partial charge is 0.486 e. The Bertz CT molecular complexity index is 839. The Hall–Kier alpha value is -2.69. The molecule has 21 heavy (non-hydrogen) atoms. The summed E-state index contributed by atoms with van der Waals surface area (Å²) in [5.41, 5.74) is 10.1. The summed E-state index contributed by atoms with van der Waals surface area (Å²) in [7, 11) is 0. The Morgan fingerprint density at radius 3 is 2.76 bits per heavy atom. The Balaban J connectivity index is 1.96. The molecule has 3 aromatic rings. The van der Waals surface area contributed by atoms with Gasteiger partial charge in [0.25, 0.3) is 0 Å². The van der Waals surface area contributed by atoms with Crippen molar-refractivity contribution >= 4 is 17.0 Å². The second-order valence-corrected chi connectivity index (χ2v) is 5.08. The molecule has 2 heterocycles. The molecule has 4 rings (SSSR count). The number of ether oxygens (including phenoxy) is 2. The van der Waals surface area contributed by atoms with Crippen molar-refractivity contribution < 1.29 is 9.47 Å². The lowest BCUT2D eigenvalue weighted by molar-refractivity contribution is 0.171. The normalized spacial score (nSPS) is 13.6. The van der Waals surface area contributed by atoms with Gasteiger partial charge in [-0.3, -0.25) is 4.57 Å². The number of aromatic nitrogens is 2. The van der Waals surface area contributed by atoms with Gasteiger partial charge < -0.3 is 15.2 Å². The van der Waals surface area contributed by atoms with Gasteiger partial charge in [0.1, 0.15) is 13.2 Å². The Labute approximate surface area is 121 Å². The fraction of sp³-hybridized carbons (Fsp3) is 0.188. The van der Waals surface area contributed by atoms with Gasteiger partial charge in [-0.2, -0.15) is 0 Å². The summed E-state index contributed by atoms with van der Waals surface area (Å²) in [6.45, 7) is 3.20. The van der Waals surface area contributed by atoms with Crippen molar-refractivity contribution in [2.45, 2.75) is 6.92 Å². The monoisotopic (exact) mass is 281 g/mol. The molecule has 1 aliphatic heterocycles. The number of imidazole rings is 1. The highest BCUT2D eigenvalue weighted by Crippen LogP contribution is 2.34. The van der Waals surface area contributed by atoms with E-state index in [1.54, 1.807) is 0 Å². The van der Waals surface area contributed by atoms with Crippen LogP contribution in [0.4, 0.5) is 5.95 Å². The SMILES string of the molecule is Cc1cccc2nc(N)n(-c3ccc4c(c3)OCCO4)c12. The molecule has 2 aromatic carbocycles. The molecular formula is C16H15N3O2. The summed E-state index contributed by atoms with van der Waals surface area (Å²) in [5, 5.41) is 0. The van der Waals surface area contributed by atoms with Gasteiger partial charge in [-0.05, 0) is 30.7 Å². The van der Waals surface area contributed by atoms with Gasteiger partial charge in [0.05, 0.1) is 16.7 Å². The predicted octanol–water partition coefficient (Wildman–Crippen LogP) is 2.69. The Morgan fingerprint density at radius 2 is 1.90 bits per heavy atom. The number of benzene rings is 2. The minimum Gasteiger partial charge on any atom is -0.486 e. The lowest BCUT2D eigenvalue weighted by atomic mass is 10.2. The van der Waals surface area contributed by atoms with Gasteiger partial charge in [0.15, 0.2) is 11.5 Å². The van der Waals surface area contributed by atoms with Crippen LogP contribution in [-0.4, -0.2) is 22.8 Å². The maximum absolute atomic E-state index is 6.11. The summed E-state index contributed by atoms with van der Waals surface area (Å²) in [4.78, 5) is 4.43. The fourth-order valence-electron chi connectivity index (χ4n) is 2.75. The molecule has 0 spiro atoms. The summed E-state index contributed by atoms with van der Waals surface area (Å²) in [6.07, 6.45) is 0. The molecule has 5 heteroatoms. The van der Waals surface area contributed by atoms with Crippen LogP contribution in [0.3, 0.4) is 0 Å². The van der Waals surface area contributed by atoms with Crippen molar-refractivity contribution in [2.75, 3.05) is 18.9 Å². The zero-order valence-corrected chi connectivity index (χ0v) is 11.7. The molecule has 1 aliphatic rings. The quantitative estimate of drug-likeness (QED) is 0.745. The van der Waals surface area contributed by atoms with Crippen molar-refractivity contribution in [1.29, 1.82) is 0 Å². The molecule has 0 saturated carbocycles. The highest BCUT2D eigenvalue weighted by atomic mass is 16.6. The van der Waals surface area contributed by atoms with E-state index in [1.807, 2.05) is 34.9 Å². The first-order valence-corrected chi connectivity index (χ1v) is 6.87. The number of hydrogen-bond acceptors (Lipinski definition) is 4. The third-order valence-electron chi connectivity index (χ3n) is 3.69. The minimum atomic E-state index is 0.468. The highest BCUT2D eigenvalue weighted by molar-refractivity contribution is 5.84. The second-order valence-electron chi connectivity index (χ2n) is 5.08. The van der Waals surface area contributed by atoms with Gasteiger partial charge in [-0.1, -0.05) is 12.1 Å². The lowest BCUT2D eigenvalue weighted by Crippen LogP contribution is -2.15. The van der Waals surface area contributed by atoms with Crippen molar-refractivity contribution in [3.63, 3.8) is 0 Å². The highest BCUT2D eigenvalue weighted by Gasteiger charge is 2.16. The van der Waals surface area contributed by atoms with Crippen LogP contribution in [0.2, 0.25) is 0 Å². The van der Waals surface area contributed by atoms with Crippen molar-refractivity contribution in [1.82, 2.24) is 9.55 Å². The zero-order chi connectivity index (χ0) is 14.4. The molecule has 5 nitrogen and oxygen atoms in total. The van der Waals surface area contributed by atoms with Crippen molar-refractivity contribution in [3.8, 4) is 17.2 Å². The van der Waals surface area contributed by atoms with Gasteiger partial charge in [-0.15, -0.1) is 0 Å². The lowest BCUT2D eigenvalue weighted by Gasteiger charge is -2.19. The smallest absolute Gasteiger partial charge is 0.205 e. The molecule has 0 radical (unpaired) electrons. The maximum Gasteiger partial charge on any atom is 0.205 e. The van der Waals surface area contributed by atoms with Crippen LogP contribution in [0.5, 0.6) is 11.5 Å². The molecule has 0 fully saturated rings. The Morgan fingerprint density at radius 1 is 1.10 bits per heavy atom. The van der Waals surface area contributed by atoms with E-state index < -0.39 is 0 Å². The molecule has 0 bridgehead atoms. The topological polar surface area (TPSA) is 62.3 Å². The number of anilines is 1. The van der Waals surface area contributed by atoms with Crippen molar-refractivity contribution in [2.24, 2.45) is 0 Å². The van der Waals surface area contributed by atoms with E-state index in [0.29, 0.717) is 19.2 Å². The zero-order valence-electron chi connectivity index (χ0n) is 11.7. The first-order chi connectivity index (χ1) is 10.2. The predicted molar refractivity (Wildman–Crippen MR) is 81.2 cm³/mol. The molecule has 0 atom stereocenters. The first kappa shape index (κ1) is 12.1. The van der Waals surface area contributed by atoms with Gasteiger partial charge in [0.2, 0.25) is 5.95 Å². The molecule has 2 N–H and O–H groups in total. The molecule has 0 unspecified atom stereocenters. The standard InChI is InChI=1S/C16H15N3O2/c1-10-3-2-4-12-15(10)19(16(17)18-12)11-5-6-13-14(9-11)21-8-7-20-13/h2-6,9H,7-8H2,1H3,(H2,17,18). The summed E-state index contributed by atoms with van der Waals surface area (Å²) in [5.74, 6) is 1.98. The average Bonchev–Trinajstić information content (AvgIpc) is 2.84. The number of hydrogen-bond donors (Lipinski definition) is 1. The third kappa shape index (κ3) is 1.81. The molecule has 106 valence electrons. The van der Waals surface area contributed by atoms with Crippen LogP contribution in [-0.2, 0) is 0 Å². The van der Waals surface area contributed by atoms with E-state index >= 15 is 0 Å². The number of rotatable bonds is 1. The van der Waals surface area contributed by atoms with Crippen LogP contribution in [0, 0.1) is 6.92 Å². The van der Waals surface area contributed by atoms with Crippen LogP contribution < -0.4 is 15.2 Å². The number of nitrogens with two attached hydrogens (primary N) is 1. The number of nitrogens with zero attached hydrogens (tertiary/aromatic N) is 2. The summed E-state index contributed by atoms with van der Waals surface area (Å²) in [6, 6.07) is 11.8. The van der Waals surface area contributed by atoms with Gasteiger partial charge in [-0.25, -0.2) is 4.98 Å². The fourth-order valence-corrected chi connectivity index (χ4v) is 2.75. The third-order valence-corrected chi connectivity index (χ3v) is 3.69. The van der Waals surface area contributed by atoms with E-state index in [4.69, 9.17) is 15.2 Å². The van der Waals surface area contributed by atoms with E-state index in [9.17, 15) is 0 Å². The first-order valence-electron chi connectivity index (χ1n) is 6.87. The number of nitrogen functional groups attached to an aromatic ring is 1. The van der Waals surface area contributed by atoms with Crippen LogP contribution in [0.1, 0.15) is 5.56 Å². The molecule has 1 aromatic heterocycles. The van der Waals surface area contributed by atoms with E-state index in [1.165, 1.54) is 0 Å². The molecule has 0 aliphatic carbocycles. The second kappa shape index (κ2) is 4.41. The van der Waals surface area contributed by atoms with Crippen LogP contribution in [0.15, 0.2) is 36.4 Å². The van der Waals surface area contributed by atoms with E-state index in [0.717, 1.165) is 33.8 Å². The van der Waals surface area contributed by atoms with Gasteiger partial charge in [0, 0.05) is 6.07 Å².